The van der Waals surface area contributed by atoms with Gasteiger partial charge in [0.25, 0.3) is 0 Å². The van der Waals surface area contributed by atoms with Gasteiger partial charge in [0.15, 0.2) is 0 Å². The highest BCUT2D eigenvalue weighted by atomic mass is 35.5. The lowest BCUT2D eigenvalue weighted by Crippen LogP contribution is -2.04. The lowest BCUT2D eigenvalue weighted by Gasteiger charge is -2.10. The number of halogens is 1. The van der Waals surface area contributed by atoms with Crippen LogP contribution in [-0.2, 0) is 0 Å². The number of benzene rings is 1. The standard InChI is InChI=1S/C15H15ClN2/c16-10-14(13-6-2-1-3-7-13)11-17-12-15-8-4-5-9-18-15/h1-9,12,14H,10-11H2. The summed E-state index contributed by atoms with van der Waals surface area (Å²) < 4.78 is 0. The highest BCUT2D eigenvalue weighted by Gasteiger charge is 2.08. The van der Waals surface area contributed by atoms with Crippen LogP contribution in [-0.4, -0.2) is 23.6 Å². The van der Waals surface area contributed by atoms with Crippen LogP contribution < -0.4 is 0 Å². The molecule has 1 unspecified atom stereocenters. The fourth-order valence-corrected chi connectivity index (χ4v) is 1.97. The largest absolute Gasteiger partial charge is 0.290 e. The number of alkyl halides is 1. The zero-order valence-corrected chi connectivity index (χ0v) is 10.8. The predicted molar refractivity (Wildman–Crippen MR) is 76.6 cm³/mol. The van der Waals surface area contributed by atoms with Crippen molar-refractivity contribution in [2.24, 2.45) is 4.99 Å². The van der Waals surface area contributed by atoms with Crippen LogP contribution in [0, 0.1) is 0 Å². The smallest absolute Gasteiger partial charge is 0.0807 e. The van der Waals surface area contributed by atoms with Crippen molar-refractivity contribution < 1.29 is 0 Å². The van der Waals surface area contributed by atoms with Crippen LogP contribution in [0.5, 0.6) is 0 Å². The maximum Gasteiger partial charge on any atom is 0.0807 e. The van der Waals surface area contributed by atoms with E-state index in [0.29, 0.717) is 12.4 Å². The summed E-state index contributed by atoms with van der Waals surface area (Å²) in [6.07, 6.45) is 3.56. The second-order valence-electron chi connectivity index (χ2n) is 4.01. The van der Waals surface area contributed by atoms with E-state index in [1.54, 1.807) is 12.4 Å². The summed E-state index contributed by atoms with van der Waals surface area (Å²) in [6.45, 7) is 0.685. The molecule has 1 aromatic heterocycles. The third kappa shape index (κ3) is 3.67. The van der Waals surface area contributed by atoms with Gasteiger partial charge < -0.3 is 0 Å². The SMILES string of the molecule is ClCC(CN=Cc1ccccn1)c1ccccc1. The summed E-state index contributed by atoms with van der Waals surface area (Å²) in [4.78, 5) is 8.61. The van der Waals surface area contributed by atoms with Gasteiger partial charge in [0, 0.05) is 30.8 Å². The summed E-state index contributed by atoms with van der Waals surface area (Å²) in [5.41, 5.74) is 2.10. The van der Waals surface area contributed by atoms with Crippen molar-refractivity contribution in [1.29, 1.82) is 0 Å². The molecule has 0 aliphatic heterocycles. The van der Waals surface area contributed by atoms with Crippen LogP contribution in [0.3, 0.4) is 0 Å². The number of rotatable bonds is 5. The predicted octanol–water partition coefficient (Wildman–Crippen LogP) is 3.52. The van der Waals surface area contributed by atoms with Crippen LogP contribution in [0.2, 0.25) is 0 Å². The van der Waals surface area contributed by atoms with E-state index in [1.165, 1.54) is 5.56 Å². The molecule has 0 aliphatic rings. The number of pyridine rings is 1. The molecule has 2 aromatic rings. The minimum Gasteiger partial charge on any atom is -0.290 e. The van der Waals surface area contributed by atoms with Gasteiger partial charge in [-0.25, -0.2) is 0 Å². The Morgan fingerprint density at radius 1 is 1.11 bits per heavy atom. The van der Waals surface area contributed by atoms with Crippen molar-refractivity contribution >= 4 is 17.8 Å². The van der Waals surface area contributed by atoms with Crippen LogP contribution in [0.25, 0.3) is 0 Å². The minimum atomic E-state index is 0.257. The first-order valence-electron chi connectivity index (χ1n) is 5.92. The Bertz CT molecular complexity index is 482. The van der Waals surface area contributed by atoms with Crippen molar-refractivity contribution in [2.75, 3.05) is 12.4 Å². The van der Waals surface area contributed by atoms with E-state index in [0.717, 1.165) is 5.69 Å². The molecule has 3 heteroatoms. The van der Waals surface area contributed by atoms with Crippen LogP contribution in [0.1, 0.15) is 17.2 Å². The summed E-state index contributed by atoms with van der Waals surface area (Å²) in [7, 11) is 0. The zero-order valence-electron chi connectivity index (χ0n) is 10.0. The molecular weight excluding hydrogens is 244 g/mol. The Kier molecular flexibility index (Phi) is 4.91. The molecule has 0 spiro atoms. The van der Waals surface area contributed by atoms with E-state index in [4.69, 9.17) is 11.6 Å². The molecule has 1 heterocycles. The average Bonchev–Trinajstić information content (AvgIpc) is 2.46. The molecular formula is C15H15ClN2. The molecule has 0 radical (unpaired) electrons. The van der Waals surface area contributed by atoms with Crippen molar-refractivity contribution in [3.8, 4) is 0 Å². The second-order valence-corrected chi connectivity index (χ2v) is 4.32. The monoisotopic (exact) mass is 258 g/mol. The molecule has 1 atom stereocenters. The average molecular weight is 259 g/mol. The van der Waals surface area contributed by atoms with E-state index in [1.807, 2.05) is 36.4 Å². The number of hydrogen-bond donors (Lipinski definition) is 0. The maximum atomic E-state index is 5.99. The van der Waals surface area contributed by atoms with Gasteiger partial charge in [-0.3, -0.25) is 9.98 Å². The van der Waals surface area contributed by atoms with Crippen LogP contribution >= 0.6 is 11.6 Å². The molecule has 2 nitrogen and oxygen atoms in total. The van der Waals surface area contributed by atoms with Gasteiger partial charge in [0.2, 0.25) is 0 Å². The third-order valence-corrected chi connectivity index (χ3v) is 3.07. The minimum absolute atomic E-state index is 0.257. The Balaban J connectivity index is 1.98. The molecule has 0 amide bonds. The van der Waals surface area contributed by atoms with Crippen molar-refractivity contribution in [1.82, 2.24) is 4.98 Å². The lowest BCUT2D eigenvalue weighted by molar-refractivity contribution is 0.784. The first-order valence-corrected chi connectivity index (χ1v) is 6.45. The summed E-state index contributed by atoms with van der Waals surface area (Å²) in [5.74, 6) is 0.830. The molecule has 0 fully saturated rings. The van der Waals surface area contributed by atoms with Gasteiger partial charge in [0.1, 0.15) is 0 Å². The lowest BCUT2D eigenvalue weighted by atomic mass is 10.0. The molecule has 0 N–H and O–H groups in total. The number of hydrogen-bond acceptors (Lipinski definition) is 2. The molecule has 0 bridgehead atoms. The highest BCUT2D eigenvalue weighted by Crippen LogP contribution is 2.17. The molecule has 0 aliphatic carbocycles. The molecule has 18 heavy (non-hydrogen) atoms. The Hall–Kier alpha value is -1.67. The molecule has 2 rings (SSSR count). The number of aliphatic imine (C=N–C) groups is 1. The van der Waals surface area contributed by atoms with E-state index in [2.05, 4.69) is 22.1 Å². The number of aromatic nitrogens is 1. The first-order chi connectivity index (χ1) is 8.90. The van der Waals surface area contributed by atoms with Gasteiger partial charge >= 0.3 is 0 Å². The first kappa shape index (κ1) is 12.8. The fourth-order valence-electron chi connectivity index (χ4n) is 1.69. The maximum absolute atomic E-state index is 5.99. The van der Waals surface area contributed by atoms with E-state index < -0.39 is 0 Å². The van der Waals surface area contributed by atoms with Gasteiger partial charge in [-0.05, 0) is 17.7 Å². The van der Waals surface area contributed by atoms with Gasteiger partial charge in [0.05, 0.1) is 5.69 Å². The Labute approximate surface area is 112 Å². The quantitative estimate of drug-likeness (QED) is 0.595. The normalized spacial score (nSPS) is 12.7. The van der Waals surface area contributed by atoms with E-state index in [9.17, 15) is 0 Å². The van der Waals surface area contributed by atoms with Gasteiger partial charge in [-0.2, -0.15) is 0 Å². The molecule has 1 aromatic carbocycles. The van der Waals surface area contributed by atoms with Crippen molar-refractivity contribution in [3.05, 3.63) is 66.0 Å². The second kappa shape index (κ2) is 6.92. The van der Waals surface area contributed by atoms with E-state index in [-0.39, 0.29) is 5.92 Å². The topological polar surface area (TPSA) is 25.2 Å². The van der Waals surface area contributed by atoms with Gasteiger partial charge in [-0.15, -0.1) is 11.6 Å². The fraction of sp³-hybridized carbons (Fsp3) is 0.200. The molecule has 0 saturated heterocycles. The molecule has 0 saturated carbocycles. The summed E-state index contributed by atoms with van der Waals surface area (Å²) in [6, 6.07) is 16.0. The Morgan fingerprint density at radius 3 is 2.56 bits per heavy atom. The number of nitrogens with zero attached hydrogens (tertiary/aromatic N) is 2. The van der Waals surface area contributed by atoms with Crippen LogP contribution in [0.15, 0.2) is 59.7 Å². The van der Waals surface area contributed by atoms with Crippen molar-refractivity contribution in [3.63, 3.8) is 0 Å². The summed E-state index contributed by atoms with van der Waals surface area (Å²) in [5, 5.41) is 0. The van der Waals surface area contributed by atoms with E-state index >= 15 is 0 Å². The van der Waals surface area contributed by atoms with Crippen molar-refractivity contribution in [2.45, 2.75) is 5.92 Å². The highest BCUT2D eigenvalue weighted by molar-refractivity contribution is 6.18. The van der Waals surface area contributed by atoms with Gasteiger partial charge in [-0.1, -0.05) is 36.4 Å². The third-order valence-electron chi connectivity index (χ3n) is 2.69. The Morgan fingerprint density at radius 2 is 1.89 bits per heavy atom. The molecule has 92 valence electrons. The summed E-state index contributed by atoms with van der Waals surface area (Å²) >= 11 is 5.99. The zero-order chi connectivity index (χ0) is 12.6. The van der Waals surface area contributed by atoms with Crippen LogP contribution in [0.4, 0.5) is 0 Å².